The fourth-order valence-corrected chi connectivity index (χ4v) is 3.21. The molecule has 0 aromatic carbocycles. The van der Waals surface area contributed by atoms with Crippen LogP contribution in [0.5, 0.6) is 0 Å². The lowest BCUT2D eigenvalue weighted by Crippen LogP contribution is -2.51. The van der Waals surface area contributed by atoms with Crippen molar-refractivity contribution in [2.45, 2.75) is 57.4 Å². The summed E-state index contributed by atoms with van der Waals surface area (Å²) in [5, 5.41) is 6.47. The van der Waals surface area contributed by atoms with Crippen molar-refractivity contribution in [2.75, 3.05) is 33.2 Å². The summed E-state index contributed by atoms with van der Waals surface area (Å²) in [7, 11) is 2.03. The van der Waals surface area contributed by atoms with Gasteiger partial charge in [-0.2, -0.15) is 0 Å². The van der Waals surface area contributed by atoms with Crippen molar-refractivity contribution in [2.24, 2.45) is 0 Å². The van der Waals surface area contributed by atoms with Crippen LogP contribution in [0.1, 0.15) is 51.9 Å². The zero-order chi connectivity index (χ0) is 15.1. The third-order valence-corrected chi connectivity index (χ3v) is 5.08. The molecule has 4 nitrogen and oxygen atoms in total. The zero-order valence-corrected chi connectivity index (χ0v) is 13.7. The molecule has 2 aliphatic rings. The van der Waals surface area contributed by atoms with Crippen molar-refractivity contribution in [1.82, 2.24) is 15.5 Å². The van der Waals surface area contributed by atoms with E-state index in [0.29, 0.717) is 6.54 Å². The molecule has 0 atom stereocenters. The lowest BCUT2D eigenvalue weighted by Gasteiger charge is -2.39. The van der Waals surface area contributed by atoms with E-state index in [9.17, 15) is 4.79 Å². The second-order valence-electron chi connectivity index (χ2n) is 6.79. The number of amides is 1. The molecule has 1 fully saturated rings. The van der Waals surface area contributed by atoms with E-state index in [0.717, 1.165) is 38.9 Å². The molecular formula is C17H31N3O. The summed E-state index contributed by atoms with van der Waals surface area (Å²) in [6, 6.07) is 0. The highest BCUT2D eigenvalue weighted by molar-refractivity contribution is 5.78. The Kier molecular flexibility index (Phi) is 6.24. The Labute approximate surface area is 129 Å². The second kappa shape index (κ2) is 7.95. The first-order valence-corrected chi connectivity index (χ1v) is 8.47. The Morgan fingerprint density at radius 1 is 1.33 bits per heavy atom. The molecule has 2 N–H and O–H groups in total. The minimum atomic E-state index is 0.180. The fraction of sp³-hybridized carbons (Fsp3) is 0.824. The van der Waals surface area contributed by atoms with Crippen LogP contribution in [0.15, 0.2) is 11.6 Å². The summed E-state index contributed by atoms with van der Waals surface area (Å²) in [5.74, 6) is 0.180. The van der Waals surface area contributed by atoms with Gasteiger partial charge >= 0.3 is 0 Å². The van der Waals surface area contributed by atoms with Crippen molar-refractivity contribution < 1.29 is 4.79 Å². The van der Waals surface area contributed by atoms with Gasteiger partial charge in [-0.1, -0.05) is 11.6 Å². The standard InChI is InChI=1S/C17H31N3O/c1-17(18-2)9-12-20(13-10-17)14-16(21)19-11-8-15-6-4-3-5-7-15/h6,18H,3-5,7-14H2,1-2H3,(H,19,21). The largest absolute Gasteiger partial charge is 0.355 e. The highest BCUT2D eigenvalue weighted by Gasteiger charge is 2.28. The monoisotopic (exact) mass is 293 g/mol. The van der Waals surface area contributed by atoms with Gasteiger partial charge in [0.15, 0.2) is 0 Å². The first kappa shape index (κ1) is 16.5. The van der Waals surface area contributed by atoms with Crippen molar-refractivity contribution >= 4 is 5.91 Å². The molecule has 0 saturated carbocycles. The van der Waals surface area contributed by atoms with Crippen LogP contribution >= 0.6 is 0 Å². The molecule has 4 heteroatoms. The van der Waals surface area contributed by atoms with E-state index in [-0.39, 0.29) is 11.4 Å². The predicted octanol–water partition coefficient (Wildman–Crippen LogP) is 2.07. The van der Waals surface area contributed by atoms with Crippen LogP contribution in [0, 0.1) is 0 Å². The van der Waals surface area contributed by atoms with E-state index >= 15 is 0 Å². The summed E-state index contributed by atoms with van der Waals surface area (Å²) in [5.41, 5.74) is 1.78. The van der Waals surface area contributed by atoms with E-state index in [2.05, 4.69) is 28.5 Å². The van der Waals surface area contributed by atoms with Crippen LogP contribution in [0.4, 0.5) is 0 Å². The Morgan fingerprint density at radius 2 is 2.10 bits per heavy atom. The Hall–Kier alpha value is -0.870. The second-order valence-corrected chi connectivity index (χ2v) is 6.79. The maximum atomic E-state index is 12.0. The van der Waals surface area contributed by atoms with Gasteiger partial charge in [0.25, 0.3) is 0 Å². The number of likely N-dealkylation sites (tertiary alicyclic amines) is 1. The third-order valence-electron chi connectivity index (χ3n) is 5.08. The summed E-state index contributed by atoms with van der Waals surface area (Å²) < 4.78 is 0. The Morgan fingerprint density at radius 3 is 2.71 bits per heavy atom. The molecule has 2 rings (SSSR count). The molecular weight excluding hydrogens is 262 g/mol. The molecule has 21 heavy (non-hydrogen) atoms. The lowest BCUT2D eigenvalue weighted by atomic mass is 9.90. The average Bonchev–Trinajstić information content (AvgIpc) is 2.51. The van der Waals surface area contributed by atoms with E-state index < -0.39 is 0 Å². The number of carbonyl (C=O) groups is 1. The van der Waals surface area contributed by atoms with Gasteiger partial charge in [0, 0.05) is 25.2 Å². The molecule has 1 aliphatic carbocycles. The highest BCUT2D eigenvalue weighted by Crippen LogP contribution is 2.21. The van der Waals surface area contributed by atoms with Gasteiger partial charge in [-0.15, -0.1) is 0 Å². The van der Waals surface area contributed by atoms with Gasteiger partial charge in [-0.25, -0.2) is 0 Å². The zero-order valence-electron chi connectivity index (χ0n) is 13.7. The van der Waals surface area contributed by atoms with Gasteiger partial charge in [-0.05, 0) is 58.9 Å². The van der Waals surface area contributed by atoms with Crippen molar-refractivity contribution in [3.05, 3.63) is 11.6 Å². The smallest absolute Gasteiger partial charge is 0.234 e. The first-order valence-electron chi connectivity index (χ1n) is 8.47. The van der Waals surface area contributed by atoms with Crippen LogP contribution in [-0.2, 0) is 4.79 Å². The SMILES string of the molecule is CNC1(C)CCN(CC(=O)NCCC2=CCCCC2)CC1. The van der Waals surface area contributed by atoms with E-state index in [1.807, 2.05) is 7.05 Å². The topological polar surface area (TPSA) is 44.4 Å². The van der Waals surface area contributed by atoms with E-state index in [1.165, 1.54) is 31.3 Å². The number of piperidine rings is 1. The number of allylic oxidation sites excluding steroid dienone is 1. The maximum absolute atomic E-state index is 12.0. The van der Waals surface area contributed by atoms with Crippen LogP contribution in [0.2, 0.25) is 0 Å². The summed E-state index contributed by atoms with van der Waals surface area (Å²) in [6.07, 6.45) is 10.7. The van der Waals surface area contributed by atoms with Gasteiger partial charge in [-0.3, -0.25) is 9.69 Å². The number of hydrogen-bond acceptors (Lipinski definition) is 3. The van der Waals surface area contributed by atoms with E-state index in [4.69, 9.17) is 0 Å². The third kappa shape index (κ3) is 5.44. The molecule has 1 aliphatic heterocycles. The number of hydrogen-bond donors (Lipinski definition) is 2. The molecule has 1 amide bonds. The Balaban J connectivity index is 1.60. The molecule has 1 saturated heterocycles. The van der Waals surface area contributed by atoms with Gasteiger partial charge in [0.05, 0.1) is 6.54 Å². The molecule has 120 valence electrons. The maximum Gasteiger partial charge on any atom is 0.234 e. The Bertz CT molecular complexity index is 370. The number of carbonyl (C=O) groups excluding carboxylic acids is 1. The minimum Gasteiger partial charge on any atom is -0.355 e. The van der Waals surface area contributed by atoms with Crippen molar-refractivity contribution in [3.63, 3.8) is 0 Å². The van der Waals surface area contributed by atoms with Gasteiger partial charge < -0.3 is 10.6 Å². The molecule has 1 heterocycles. The molecule has 0 unspecified atom stereocenters. The fourth-order valence-electron chi connectivity index (χ4n) is 3.21. The minimum absolute atomic E-state index is 0.180. The molecule has 0 aromatic heterocycles. The average molecular weight is 293 g/mol. The van der Waals surface area contributed by atoms with Crippen LogP contribution < -0.4 is 10.6 Å². The summed E-state index contributed by atoms with van der Waals surface area (Å²) in [6.45, 7) is 5.64. The first-order chi connectivity index (χ1) is 10.1. The predicted molar refractivity (Wildman–Crippen MR) is 87.3 cm³/mol. The lowest BCUT2D eigenvalue weighted by molar-refractivity contribution is -0.122. The number of rotatable bonds is 6. The van der Waals surface area contributed by atoms with Gasteiger partial charge in [0.1, 0.15) is 0 Å². The quantitative estimate of drug-likeness (QED) is 0.737. The molecule has 0 radical (unpaired) electrons. The molecule has 0 aromatic rings. The summed E-state index contributed by atoms with van der Waals surface area (Å²) >= 11 is 0. The summed E-state index contributed by atoms with van der Waals surface area (Å²) in [4.78, 5) is 14.3. The highest BCUT2D eigenvalue weighted by atomic mass is 16.2. The van der Waals surface area contributed by atoms with Crippen LogP contribution in [-0.4, -0.2) is 49.6 Å². The molecule has 0 spiro atoms. The number of nitrogens with zero attached hydrogens (tertiary/aromatic N) is 1. The van der Waals surface area contributed by atoms with Crippen LogP contribution in [0.25, 0.3) is 0 Å². The van der Waals surface area contributed by atoms with Crippen molar-refractivity contribution in [3.8, 4) is 0 Å². The molecule has 0 bridgehead atoms. The van der Waals surface area contributed by atoms with E-state index in [1.54, 1.807) is 0 Å². The number of nitrogens with one attached hydrogen (secondary N) is 2. The van der Waals surface area contributed by atoms with Crippen molar-refractivity contribution in [1.29, 1.82) is 0 Å². The van der Waals surface area contributed by atoms with Gasteiger partial charge in [0.2, 0.25) is 5.91 Å². The normalized spacial score (nSPS) is 22.7. The van der Waals surface area contributed by atoms with Crippen LogP contribution in [0.3, 0.4) is 0 Å².